The van der Waals surface area contributed by atoms with Gasteiger partial charge in [-0.1, -0.05) is 109 Å². The molecule has 0 aliphatic rings. The summed E-state index contributed by atoms with van der Waals surface area (Å²) in [5.74, 6) is -0.383. The summed E-state index contributed by atoms with van der Waals surface area (Å²) < 4.78 is 0. The SMILES string of the molecule is CCCCCCCCCCCCCCCCCCNC(=O)Cc1ccc(O)c(O)c1. The molecule has 0 spiro atoms. The van der Waals surface area contributed by atoms with Crippen molar-refractivity contribution < 1.29 is 15.0 Å². The standard InChI is InChI=1S/C26H45NO3/c1-2-3-4-5-6-7-8-9-10-11-12-13-14-15-16-17-20-27-26(30)22-23-18-19-24(28)25(29)21-23/h18-19,21,28-29H,2-17,20,22H2,1H3,(H,27,30). The van der Waals surface area contributed by atoms with Gasteiger partial charge < -0.3 is 15.5 Å². The van der Waals surface area contributed by atoms with Crippen LogP contribution in [0.1, 0.15) is 115 Å². The molecule has 1 rings (SSSR count). The smallest absolute Gasteiger partial charge is 0.224 e. The molecule has 4 nitrogen and oxygen atoms in total. The van der Waals surface area contributed by atoms with Gasteiger partial charge in [-0.3, -0.25) is 4.79 Å². The largest absolute Gasteiger partial charge is 0.504 e. The van der Waals surface area contributed by atoms with E-state index in [1.807, 2.05) is 0 Å². The van der Waals surface area contributed by atoms with Crippen LogP contribution >= 0.6 is 0 Å². The third-order valence-electron chi connectivity index (χ3n) is 5.76. The molecule has 4 heteroatoms. The van der Waals surface area contributed by atoms with Crippen molar-refractivity contribution >= 4 is 5.91 Å². The maximum atomic E-state index is 11.9. The van der Waals surface area contributed by atoms with Gasteiger partial charge in [0.05, 0.1) is 6.42 Å². The Morgan fingerprint density at radius 3 is 1.63 bits per heavy atom. The van der Waals surface area contributed by atoms with Crippen molar-refractivity contribution in [3.63, 3.8) is 0 Å². The third kappa shape index (κ3) is 14.3. The Balaban J connectivity index is 1.82. The lowest BCUT2D eigenvalue weighted by atomic mass is 10.0. The van der Waals surface area contributed by atoms with Gasteiger partial charge in [-0.15, -0.1) is 0 Å². The maximum Gasteiger partial charge on any atom is 0.224 e. The first kappa shape index (κ1) is 26.3. The quantitative estimate of drug-likeness (QED) is 0.167. The summed E-state index contributed by atoms with van der Waals surface area (Å²) in [5, 5.41) is 21.7. The molecule has 0 aliphatic carbocycles. The highest BCUT2D eigenvalue weighted by atomic mass is 16.3. The van der Waals surface area contributed by atoms with E-state index in [0.717, 1.165) is 12.8 Å². The maximum absolute atomic E-state index is 11.9. The first-order valence-electron chi connectivity index (χ1n) is 12.4. The zero-order chi connectivity index (χ0) is 21.9. The lowest BCUT2D eigenvalue weighted by Gasteiger charge is -2.06. The van der Waals surface area contributed by atoms with Gasteiger partial charge in [0, 0.05) is 6.54 Å². The zero-order valence-corrected chi connectivity index (χ0v) is 19.3. The molecule has 1 amide bonds. The van der Waals surface area contributed by atoms with Crippen LogP contribution in [0.4, 0.5) is 0 Å². The van der Waals surface area contributed by atoms with Crippen molar-refractivity contribution in [2.24, 2.45) is 0 Å². The summed E-state index contributed by atoms with van der Waals surface area (Å²) in [6.07, 6.45) is 21.8. The number of rotatable bonds is 19. The van der Waals surface area contributed by atoms with E-state index in [1.54, 1.807) is 6.07 Å². The number of nitrogens with one attached hydrogen (secondary N) is 1. The number of phenols is 2. The second-order valence-electron chi connectivity index (χ2n) is 8.65. The Morgan fingerprint density at radius 1 is 0.700 bits per heavy atom. The van der Waals surface area contributed by atoms with Crippen LogP contribution in [0, 0.1) is 0 Å². The van der Waals surface area contributed by atoms with Crippen molar-refractivity contribution in [1.82, 2.24) is 5.32 Å². The van der Waals surface area contributed by atoms with E-state index in [2.05, 4.69) is 12.2 Å². The number of amides is 1. The first-order chi connectivity index (χ1) is 14.6. The van der Waals surface area contributed by atoms with Crippen LogP contribution in [-0.4, -0.2) is 22.7 Å². The van der Waals surface area contributed by atoms with E-state index >= 15 is 0 Å². The lowest BCUT2D eigenvalue weighted by molar-refractivity contribution is -0.120. The molecule has 1 aromatic rings. The summed E-state index contributed by atoms with van der Waals surface area (Å²) in [6, 6.07) is 4.50. The number of hydrogen-bond donors (Lipinski definition) is 3. The fourth-order valence-corrected chi connectivity index (χ4v) is 3.83. The number of phenolic OH excluding ortho intramolecular Hbond substituents is 2. The molecule has 0 saturated carbocycles. The van der Waals surface area contributed by atoms with Crippen LogP contribution in [0.3, 0.4) is 0 Å². The van der Waals surface area contributed by atoms with Crippen molar-refractivity contribution in [2.75, 3.05) is 6.54 Å². The molecule has 0 unspecified atom stereocenters. The predicted molar refractivity (Wildman–Crippen MR) is 126 cm³/mol. The Morgan fingerprint density at radius 2 is 1.17 bits per heavy atom. The highest BCUT2D eigenvalue weighted by Gasteiger charge is 2.06. The molecular weight excluding hydrogens is 374 g/mol. The van der Waals surface area contributed by atoms with Gasteiger partial charge in [0.1, 0.15) is 0 Å². The van der Waals surface area contributed by atoms with Crippen LogP contribution in [0.5, 0.6) is 11.5 Å². The Kier molecular flexibility index (Phi) is 15.9. The van der Waals surface area contributed by atoms with Crippen LogP contribution in [0.15, 0.2) is 18.2 Å². The van der Waals surface area contributed by atoms with Gasteiger partial charge in [-0.05, 0) is 24.1 Å². The fraction of sp³-hybridized carbons (Fsp3) is 0.731. The van der Waals surface area contributed by atoms with Crippen molar-refractivity contribution in [2.45, 2.75) is 116 Å². The van der Waals surface area contributed by atoms with E-state index < -0.39 is 0 Å². The van der Waals surface area contributed by atoms with Crippen LogP contribution in [-0.2, 0) is 11.2 Å². The zero-order valence-electron chi connectivity index (χ0n) is 19.3. The normalized spacial score (nSPS) is 11.0. The number of carbonyl (C=O) groups excluding carboxylic acids is 1. The molecule has 172 valence electrons. The lowest BCUT2D eigenvalue weighted by Crippen LogP contribution is -2.26. The minimum atomic E-state index is -0.182. The topological polar surface area (TPSA) is 69.6 Å². The van der Waals surface area contributed by atoms with E-state index in [-0.39, 0.29) is 23.8 Å². The summed E-state index contributed by atoms with van der Waals surface area (Å²) in [6.45, 7) is 2.98. The average Bonchev–Trinajstić information content (AvgIpc) is 2.73. The van der Waals surface area contributed by atoms with Crippen molar-refractivity contribution in [3.8, 4) is 11.5 Å². The van der Waals surface area contributed by atoms with E-state index in [0.29, 0.717) is 12.1 Å². The molecule has 0 bridgehead atoms. The first-order valence-corrected chi connectivity index (χ1v) is 12.4. The monoisotopic (exact) mass is 419 g/mol. The van der Waals surface area contributed by atoms with Gasteiger partial charge in [-0.25, -0.2) is 0 Å². The molecule has 0 aliphatic heterocycles. The molecule has 0 aromatic heterocycles. The number of hydrogen-bond acceptors (Lipinski definition) is 3. The minimum absolute atomic E-state index is 0.0407. The van der Waals surface area contributed by atoms with E-state index in [9.17, 15) is 15.0 Å². The summed E-state index contributed by atoms with van der Waals surface area (Å²) in [4.78, 5) is 11.9. The molecule has 0 heterocycles. The molecule has 1 aromatic carbocycles. The number of aromatic hydroxyl groups is 2. The van der Waals surface area contributed by atoms with E-state index in [4.69, 9.17) is 0 Å². The number of carbonyl (C=O) groups is 1. The molecule has 0 radical (unpaired) electrons. The van der Waals surface area contributed by atoms with Crippen LogP contribution in [0.2, 0.25) is 0 Å². The Bertz CT molecular complexity index is 559. The summed E-state index contributed by atoms with van der Waals surface area (Å²) in [7, 11) is 0. The number of unbranched alkanes of at least 4 members (excludes halogenated alkanes) is 15. The van der Waals surface area contributed by atoms with Crippen molar-refractivity contribution in [1.29, 1.82) is 0 Å². The third-order valence-corrected chi connectivity index (χ3v) is 5.76. The Hall–Kier alpha value is -1.71. The molecule has 30 heavy (non-hydrogen) atoms. The Labute approximate surface area is 184 Å². The van der Waals surface area contributed by atoms with Gasteiger partial charge >= 0.3 is 0 Å². The highest BCUT2D eigenvalue weighted by molar-refractivity contribution is 5.78. The second-order valence-corrected chi connectivity index (χ2v) is 8.65. The van der Waals surface area contributed by atoms with E-state index in [1.165, 1.54) is 102 Å². The summed E-state index contributed by atoms with van der Waals surface area (Å²) >= 11 is 0. The minimum Gasteiger partial charge on any atom is -0.504 e. The molecule has 0 atom stereocenters. The average molecular weight is 420 g/mol. The molecule has 0 saturated heterocycles. The molecule has 0 fully saturated rings. The van der Waals surface area contributed by atoms with Gasteiger partial charge in [0.25, 0.3) is 0 Å². The second kappa shape index (κ2) is 18.1. The van der Waals surface area contributed by atoms with Crippen molar-refractivity contribution in [3.05, 3.63) is 23.8 Å². The number of benzene rings is 1. The fourth-order valence-electron chi connectivity index (χ4n) is 3.83. The van der Waals surface area contributed by atoms with Crippen LogP contribution in [0.25, 0.3) is 0 Å². The van der Waals surface area contributed by atoms with Gasteiger partial charge in [0.15, 0.2) is 11.5 Å². The molecule has 3 N–H and O–H groups in total. The van der Waals surface area contributed by atoms with Crippen LogP contribution < -0.4 is 5.32 Å². The van der Waals surface area contributed by atoms with Gasteiger partial charge in [-0.2, -0.15) is 0 Å². The summed E-state index contributed by atoms with van der Waals surface area (Å²) in [5.41, 5.74) is 0.703. The highest BCUT2D eigenvalue weighted by Crippen LogP contribution is 2.25. The van der Waals surface area contributed by atoms with Gasteiger partial charge in [0.2, 0.25) is 5.91 Å². The predicted octanol–water partition coefficient (Wildman–Crippen LogP) is 7.02. The molecular formula is C26H45NO3.